The molecule has 6 nitrogen and oxygen atoms in total. The van der Waals surface area contributed by atoms with E-state index in [-0.39, 0.29) is 21.8 Å². The lowest BCUT2D eigenvalue weighted by atomic mass is 10.3. The average molecular weight is 278 g/mol. The fraction of sp³-hybridized carbons (Fsp3) is 0.556. The Balaban J connectivity index is 2.36. The van der Waals surface area contributed by atoms with Crippen LogP contribution in [0, 0.1) is 6.92 Å². The van der Waals surface area contributed by atoms with Crippen molar-refractivity contribution in [1.82, 2.24) is 15.5 Å². The molecule has 94 valence electrons. The van der Waals surface area contributed by atoms with Crippen molar-refractivity contribution < 1.29 is 13.2 Å². The van der Waals surface area contributed by atoms with Gasteiger partial charge in [-0.2, -0.15) is 5.10 Å². The summed E-state index contributed by atoms with van der Waals surface area (Å²) >= 11 is 0. The molecule has 1 saturated carbocycles. The Bertz CT molecular complexity index is 574. The highest BCUT2D eigenvalue weighted by Crippen LogP contribution is 2.35. The molecule has 0 aliphatic heterocycles. The molecule has 0 aromatic carbocycles. The number of carbonyl (C=O) groups is 1. The lowest BCUT2D eigenvalue weighted by Crippen LogP contribution is -2.35. The van der Waals surface area contributed by atoms with Crippen LogP contribution in [0.4, 0.5) is 0 Å². The van der Waals surface area contributed by atoms with Crippen molar-refractivity contribution in [2.75, 3.05) is 0 Å². The van der Waals surface area contributed by atoms with Crippen molar-refractivity contribution >= 4 is 25.6 Å². The zero-order valence-electron chi connectivity index (χ0n) is 9.37. The standard InChI is InChI=1S/C9H12ClN3O3S/c1-5-7(17(10,15)16)6(13-12-5)8(14)11-9(2)3-4-9/h3-4H2,1-2H3,(H,11,14)(H,12,13). The van der Waals surface area contributed by atoms with E-state index in [0.717, 1.165) is 12.8 Å². The van der Waals surface area contributed by atoms with E-state index in [4.69, 9.17) is 10.7 Å². The predicted molar refractivity (Wildman–Crippen MR) is 61.5 cm³/mol. The number of rotatable bonds is 3. The number of aromatic amines is 1. The summed E-state index contributed by atoms with van der Waals surface area (Å²) in [5.41, 5.74) is -0.159. The lowest BCUT2D eigenvalue weighted by Gasteiger charge is -2.10. The molecule has 1 heterocycles. The molecule has 2 N–H and O–H groups in total. The van der Waals surface area contributed by atoms with Crippen LogP contribution < -0.4 is 5.32 Å². The molecule has 17 heavy (non-hydrogen) atoms. The van der Waals surface area contributed by atoms with Crippen LogP contribution in [0.3, 0.4) is 0 Å². The fourth-order valence-electron chi connectivity index (χ4n) is 1.52. The molecule has 1 aromatic rings. The number of carbonyl (C=O) groups excluding carboxylic acids is 1. The number of H-pyrrole nitrogens is 1. The summed E-state index contributed by atoms with van der Waals surface area (Å²) in [6.07, 6.45) is 1.76. The first-order valence-electron chi connectivity index (χ1n) is 5.05. The minimum atomic E-state index is -3.98. The third-order valence-electron chi connectivity index (χ3n) is 2.77. The van der Waals surface area contributed by atoms with E-state index >= 15 is 0 Å². The summed E-state index contributed by atoms with van der Waals surface area (Å²) in [5, 5.41) is 8.88. The highest BCUT2D eigenvalue weighted by molar-refractivity contribution is 8.13. The zero-order valence-corrected chi connectivity index (χ0v) is 10.9. The summed E-state index contributed by atoms with van der Waals surface area (Å²) in [4.78, 5) is 11.6. The maximum absolute atomic E-state index is 11.9. The molecule has 0 spiro atoms. The van der Waals surface area contributed by atoms with E-state index in [1.807, 2.05) is 6.92 Å². The van der Waals surface area contributed by atoms with Gasteiger partial charge in [0.2, 0.25) is 0 Å². The van der Waals surface area contributed by atoms with Crippen molar-refractivity contribution in [1.29, 1.82) is 0 Å². The Kier molecular flexibility index (Phi) is 2.70. The highest BCUT2D eigenvalue weighted by Gasteiger charge is 2.40. The summed E-state index contributed by atoms with van der Waals surface area (Å²) in [7, 11) is 1.29. The number of hydrogen-bond donors (Lipinski definition) is 2. The summed E-state index contributed by atoms with van der Waals surface area (Å²) in [6, 6.07) is 0. The van der Waals surface area contributed by atoms with Gasteiger partial charge in [-0.3, -0.25) is 9.89 Å². The van der Waals surface area contributed by atoms with E-state index in [2.05, 4.69) is 15.5 Å². The van der Waals surface area contributed by atoms with Crippen molar-refractivity contribution in [2.45, 2.75) is 37.1 Å². The molecule has 1 aromatic heterocycles. The molecule has 2 rings (SSSR count). The molecule has 0 radical (unpaired) electrons. The molecule has 1 aliphatic rings. The molecule has 0 unspecified atom stereocenters. The fourth-order valence-corrected chi connectivity index (χ4v) is 2.86. The second-order valence-corrected chi connectivity index (χ2v) is 6.98. The van der Waals surface area contributed by atoms with Crippen molar-refractivity contribution in [3.05, 3.63) is 11.4 Å². The Morgan fingerprint density at radius 3 is 2.59 bits per heavy atom. The predicted octanol–water partition coefficient (Wildman–Crippen LogP) is 0.928. The van der Waals surface area contributed by atoms with Gasteiger partial charge in [-0.05, 0) is 26.7 Å². The van der Waals surface area contributed by atoms with E-state index < -0.39 is 15.0 Å². The number of aromatic nitrogens is 2. The Morgan fingerprint density at radius 1 is 1.53 bits per heavy atom. The zero-order chi connectivity index (χ0) is 12.8. The first-order valence-corrected chi connectivity index (χ1v) is 7.36. The first kappa shape index (κ1) is 12.4. The number of nitrogens with zero attached hydrogens (tertiary/aromatic N) is 1. The van der Waals surface area contributed by atoms with Gasteiger partial charge in [0.05, 0.1) is 5.69 Å². The van der Waals surface area contributed by atoms with E-state index in [1.54, 1.807) is 0 Å². The van der Waals surface area contributed by atoms with Gasteiger partial charge in [-0.15, -0.1) is 0 Å². The monoisotopic (exact) mass is 277 g/mol. The number of halogens is 1. The van der Waals surface area contributed by atoms with Gasteiger partial charge in [0.25, 0.3) is 15.0 Å². The van der Waals surface area contributed by atoms with Gasteiger partial charge in [-0.25, -0.2) is 8.42 Å². The minimum Gasteiger partial charge on any atom is -0.345 e. The van der Waals surface area contributed by atoms with Crippen molar-refractivity contribution in [2.24, 2.45) is 0 Å². The second-order valence-electron chi connectivity index (χ2n) is 4.48. The topological polar surface area (TPSA) is 91.9 Å². The Hall–Kier alpha value is -1.08. The van der Waals surface area contributed by atoms with E-state index in [9.17, 15) is 13.2 Å². The van der Waals surface area contributed by atoms with Crippen LogP contribution in [0.15, 0.2) is 4.90 Å². The third kappa shape index (κ3) is 2.44. The smallest absolute Gasteiger partial charge is 0.273 e. The lowest BCUT2D eigenvalue weighted by molar-refractivity contribution is 0.0927. The summed E-state index contributed by atoms with van der Waals surface area (Å²) in [5.74, 6) is -0.520. The molecule has 8 heteroatoms. The molecule has 1 fully saturated rings. The molecular formula is C9H12ClN3O3S. The largest absolute Gasteiger partial charge is 0.345 e. The Morgan fingerprint density at radius 2 is 2.12 bits per heavy atom. The first-order chi connectivity index (χ1) is 7.73. The summed E-state index contributed by atoms with van der Waals surface area (Å²) < 4.78 is 22.7. The number of aryl methyl sites for hydroxylation is 1. The molecule has 0 bridgehead atoms. The van der Waals surface area contributed by atoms with Gasteiger partial charge in [0.1, 0.15) is 4.90 Å². The quantitative estimate of drug-likeness (QED) is 0.804. The van der Waals surface area contributed by atoms with Gasteiger partial charge in [0.15, 0.2) is 5.69 Å². The van der Waals surface area contributed by atoms with Gasteiger partial charge >= 0.3 is 0 Å². The number of hydrogen-bond acceptors (Lipinski definition) is 4. The highest BCUT2D eigenvalue weighted by atomic mass is 35.7. The van der Waals surface area contributed by atoms with Crippen LogP contribution in [0.5, 0.6) is 0 Å². The molecule has 0 saturated heterocycles. The maximum Gasteiger partial charge on any atom is 0.273 e. The third-order valence-corrected chi connectivity index (χ3v) is 4.22. The second kappa shape index (κ2) is 3.71. The molecule has 1 aliphatic carbocycles. The van der Waals surface area contributed by atoms with Gasteiger partial charge in [-0.1, -0.05) is 0 Å². The molecule has 0 atom stereocenters. The number of amides is 1. The van der Waals surface area contributed by atoms with Gasteiger partial charge < -0.3 is 5.32 Å². The van der Waals surface area contributed by atoms with Crippen LogP contribution in [0.25, 0.3) is 0 Å². The maximum atomic E-state index is 11.9. The average Bonchev–Trinajstić information content (AvgIpc) is 2.74. The molecule has 1 amide bonds. The van der Waals surface area contributed by atoms with Crippen molar-refractivity contribution in [3.63, 3.8) is 0 Å². The summed E-state index contributed by atoms with van der Waals surface area (Å²) in [6.45, 7) is 3.39. The van der Waals surface area contributed by atoms with Crippen LogP contribution >= 0.6 is 10.7 Å². The van der Waals surface area contributed by atoms with E-state index in [1.165, 1.54) is 6.92 Å². The number of nitrogens with one attached hydrogen (secondary N) is 2. The minimum absolute atomic E-state index is 0.175. The van der Waals surface area contributed by atoms with Crippen LogP contribution in [-0.2, 0) is 9.05 Å². The van der Waals surface area contributed by atoms with Crippen molar-refractivity contribution in [3.8, 4) is 0 Å². The van der Waals surface area contributed by atoms with Gasteiger partial charge in [0, 0.05) is 16.2 Å². The Labute approximate surface area is 103 Å². The normalized spacial score (nSPS) is 17.8. The van der Waals surface area contributed by atoms with Crippen LogP contribution in [0.1, 0.15) is 35.9 Å². The van der Waals surface area contributed by atoms with E-state index in [0.29, 0.717) is 0 Å². The SMILES string of the molecule is Cc1[nH]nc(C(=O)NC2(C)CC2)c1S(=O)(=O)Cl. The van der Waals surface area contributed by atoms with Crippen LogP contribution in [-0.4, -0.2) is 30.1 Å². The molecular weight excluding hydrogens is 266 g/mol. The van der Waals surface area contributed by atoms with Crippen LogP contribution in [0.2, 0.25) is 0 Å².